The van der Waals surface area contributed by atoms with Crippen LogP contribution in [0.5, 0.6) is 0 Å². The standard InChI is InChI=1S/C44H64N2O/c1-33(39-22-23-40-38-21-20-35-16-10-11-28-43(35,2)41(38)25-29-44(39,40)3)19-24-42(47)45-36-26-31-46(32-27-36,37-17-8-5-9-18-37)30-12-15-34-13-6-4-7-14-34/h4-9,13-14,17-18,33,35-36,38-41H,10-12,15-16,19-32H2,1-3H3/p+1/t33-,35?,36?,38+,39-,40+,41+,43+,44-,46?/m1/s1. The van der Waals surface area contributed by atoms with Crippen LogP contribution in [0.25, 0.3) is 0 Å². The van der Waals surface area contributed by atoms with Crippen LogP contribution in [-0.4, -0.2) is 31.6 Å². The highest BCUT2D eigenvalue weighted by Crippen LogP contribution is 2.68. The molecule has 1 aliphatic heterocycles. The van der Waals surface area contributed by atoms with E-state index in [2.05, 4.69) is 86.8 Å². The number of piperidine rings is 1. The number of hydrogen-bond acceptors (Lipinski definition) is 1. The summed E-state index contributed by atoms with van der Waals surface area (Å²) in [5.41, 5.74) is 4.01. The van der Waals surface area contributed by atoms with Gasteiger partial charge in [0.05, 0.1) is 19.6 Å². The first-order valence-electron chi connectivity index (χ1n) is 20.1. The predicted octanol–water partition coefficient (Wildman–Crippen LogP) is 10.4. The normalized spacial score (nSPS) is 38.9. The van der Waals surface area contributed by atoms with E-state index in [1.165, 1.54) is 88.4 Å². The van der Waals surface area contributed by atoms with Crippen LogP contribution >= 0.6 is 0 Å². The zero-order valence-corrected chi connectivity index (χ0v) is 30.1. The lowest BCUT2D eigenvalue weighted by atomic mass is 9.44. The van der Waals surface area contributed by atoms with Gasteiger partial charge in [0.1, 0.15) is 5.69 Å². The van der Waals surface area contributed by atoms with Gasteiger partial charge in [0.2, 0.25) is 5.91 Å². The molecule has 1 heterocycles. The molecule has 3 heteroatoms. The number of nitrogens with one attached hydrogen (secondary N) is 1. The number of hydrogen-bond donors (Lipinski definition) is 1. The highest BCUT2D eigenvalue weighted by molar-refractivity contribution is 5.76. The molecule has 4 saturated carbocycles. The summed E-state index contributed by atoms with van der Waals surface area (Å²) in [7, 11) is 0. The van der Waals surface area contributed by atoms with Crippen LogP contribution in [0.15, 0.2) is 60.7 Å². The number of amides is 1. The van der Waals surface area contributed by atoms with E-state index in [-0.39, 0.29) is 0 Å². The Kier molecular flexibility index (Phi) is 9.94. The molecule has 1 amide bonds. The molecule has 3 nitrogen and oxygen atoms in total. The number of rotatable bonds is 10. The zero-order valence-electron chi connectivity index (χ0n) is 30.1. The van der Waals surface area contributed by atoms with Crippen molar-refractivity contribution in [1.82, 2.24) is 9.80 Å². The maximum Gasteiger partial charge on any atom is 0.220 e. The molecule has 0 radical (unpaired) electrons. The Morgan fingerprint density at radius 2 is 1.53 bits per heavy atom. The molecule has 1 N–H and O–H groups in total. The number of benzene rings is 2. The van der Waals surface area contributed by atoms with Gasteiger partial charge < -0.3 is 5.32 Å². The van der Waals surface area contributed by atoms with Gasteiger partial charge in [0.25, 0.3) is 0 Å². The minimum absolute atomic E-state index is 0.303. The molecule has 1 unspecified atom stereocenters. The fraction of sp³-hybridized carbons (Fsp3) is 0.705. The fourth-order valence-electron chi connectivity index (χ4n) is 12.9. The molecule has 5 aliphatic rings. The van der Waals surface area contributed by atoms with Gasteiger partial charge in [0.15, 0.2) is 0 Å². The van der Waals surface area contributed by atoms with Crippen LogP contribution in [0, 0.1) is 46.3 Å². The summed E-state index contributed by atoms with van der Waals surface area (Å²) in [5, 5.41) is 3.52. The van der Waals surface area contributed by atoms with Gasteiger partial charge in [-0.3, -0.25) is 9.28 Å². The lowest BCUT2D eigenvalue weighted by Gasteiger charge is -2.61. The van der Waals surface area contributed by atoms with Crippen molar-refractivity contribution in [3.05, 3.63) is 66.2 Å². The third-order valence-electron chi connectivity index (χ3n) is 15.5. The highest BCUT2D eigenvalue weighted by atomic mass is 16.1. The number of aryl methyl sites for hydroxylation is 1. The first-order valence-corrected chi connectivity index (χ1v) is 20.1. The molecule has 2 aromatic rings. The van der Waals surface area contributed by atoms with Crippen LogP contribution in [-0.2, 0) is 11.2 Å². The van der Waals surface area contributed by atoms with E-state index in [0.29, 0.717) is 35.1 Å². The second kappa shape index (κ2) is 14.0. The molecule has 47 heavy (non-hydrogen) atoms. The third kappa shape index (κ3) is 6.61. The van der Waals surface area contributed by atoms with E-state index in [1.54, 1.807) is 0 Å². The van der Waals surface area contributed by atoms with Crippen molar-refractivity contribution >= 4 is 11.6 Å². The molecule has 0 bridgehead atoms. The van der Waals surface area contributed by atoms with E-state index in [1.807, 2.05) is 0 Å². The Morgan fingerprint density at radius 1 is 0.809 bits per heavy atom. The van der Waals surface area contributed by atoms with E-state index < -0.39 is 0 Å². The Labute approximate surface area is 287 Å². The Morgan fingerprint density at radius 3 is 2.30 bits per heavy atom. The van der Waals surface area contributed by atoms with Crippen LogP contribution in [0.4, 0.5) is 5.69 Å². The highest BCUT2D eigenvalue weighted by Gasteiger charge is 2.60. The van der Waals surface area contributed by atoms with Crippen molar-refractivity contribution in [2.75, 3.05) is 19.6 Å². The molecule has 0 aromatic heterocycles. The number of fused-ring (bicyclic) bond motifs is 5. The first-order chi connectivity index (χ1) is 22.8. The topological polar surface area (TPSA) is 29.1 Å². The number of likely N-dealkylation sites (tertiary alicyclic amines) is 1. The average Bonchev–Trinajstić information content (AvgIpc) is 3.46. The summed E-state index contributed by atoms with van der Waals surface area (Å²) in [6.45, 7) is 11.3. The van der Waals surface area contributed by atoms with Crippen molar-refractivity contribution in [1.29, 1.82) is 0 Å². The molecule has 8 atom stereocenters. The van der Waals surface area contributed by atoms with E-state index in [4.69, 9.17) is 0 Å². The number of carbonyl (C=O) groups is 1. The molecule has 5 fully saturated rings. The van der Waals surface area contributed by atoms with Gasteiger partial charge in [-0.05, 0) is 128 Å². The minimum Gasteiger partial charge on any atom is -0.353 e. The lowest BCUT2D eigenvalue weighted by Crippen LogP contribution is -2.58. The van der Waals surface area contributed by atoms with E-state index >= 15 is 0 Å². The Hall–Kier alpha value is -2.13. The van der Waals surface area contributed by atoms with Crippen LogP contribution in [0.3, 0.4) is 0 Å². The first kappa shape index (κ1) is 33.4. The van der Waals surface area contributed by atoms with Crippen LogP contribution < -0.4 is 9.80 Å². The van der Waals surface area contributed by atoms with Crippen molar-refractivity contribution in [2.24, 2.45) is 46.3 Å². The molecule has 256 valence electrons. The number of para-hydroxylation sites is 1. The van der Waals surface area contributed by atoms with Gasteiger partial charge in [-0.25, -0.2) is 0 Å². The molecule has 1 saturated heterocycles. The second-order valence-electron chi connectivity index (χ2n) is 17.7. The minimum atomic E-state index is 0.303. The Bertz CT molecular complexity index is 1320. The van der Waals surface area contributed by atoms with Gasteiger partial charge in [-0.2, -0.15) is 0 Å². The maximum absolute atomic E-state index is 13.4. The number of nitrogens with zero attached hydrogens (tertiary/aromatic N) is 1. The predicted molar refractivity (Wildman–Crippen MR) is 197 cm³/mol. The zero-order chi connectivity index (χ0) is 32.5. The smallest absolute Gasteiger partial charge is 0.220 e. The number of quaternary nitrogens is 1. The van der Waals surface area contributed by atoms with E-state index in [0.717, 1.165) is 72.8 Å². The quantitative estimate of drug-likeness (QED) is 0.258. The molecule has 0 spiro atoms. The Balaban J connectivity index is 0.903. The summed E-state index contributed by atoms with van der Waals surface area (Å²) in [6.07, 6.45) is 21.0. The van der Waals surface area contributed by atoms with E-state index in [9.17, 15) is 4.79 Å². The van der Waals surface area contributed by atoms with Crippen molar-refractivity contribution in [3.8, 4) is 0 Å². The third-order valence-corrected chi connectivity index (χ3v) is 15.5. The summed E-state index contributed by atoms with van der Waals surface area (Å²) in [4.78, 5) is 13.4. The SMILES string of the molecule is C[C@H](CCC(=O)NC1CC[N+](CCCc2ccccc2)(c2ccccc2)CC1)[C@H]1CC[C@H]2[C@@H]3CCC4CCCC[C@]4(C)[C@H]3CC[C@]12C. The van der Waals surface area contributed by atoms with Gasteiger partial charge >= 0.3 is 0 Å². The van der Waals surface area contributed by atoms with Crippen molar-refractivity contribution in [3.63, 3.8) is 0 Å². The summed E-state index contributed by atoms with van der Waals surface area (Å²) >= 11 is 0. The second-order valence-corrected chi connectivity index (χ2v) is 17.7. The molecule has 7 rings (SSSR count). The summed E-state index contributed by atoms with van der Waals surface area (Å²) in [5.74, 6) is 5.64. The van der Waals surface area contributed by atoms with Gasteiger partial charge in [-0.15, -0.1) is 0 Å². The summed E-state index contributed by atoms with van der Waals surface area (Å²) in [6, 6.07) is 22.4. The molecule has 4 aliphatic carbocycles. The lowest BCUT2D eigenvalue weighted by molar-refractivity contribution is -0.123. The maximum atomic E-state index is 13.4. The molecular weight excluding hydrogens is 572 g/mol. The number of carbonyl (C=O) groups excluding carboxylic acids is 1. The molecular formula is C44H65N2O+. The van der Waals surface area contributed by atoms with Crippen molar-refractivity contribution < 1.29 is 4.79 Å². The van der Waals surface area contributed by atoms with Crippen LogP contribution in [0.1, 0.15) is 123 Å². The fourth-order valence-corrected chi connectivity index (χ4v) is 12.9. The summed E-state index contributed by atoms with van der Waals surface area (Å²) < 4.78 is 1.06. The largest absolute Gasteiger partial charge is 0.353 e. The van der Waals surface area contributed by atoms with Crippen LogP contribution in [0.2, 0.25) is 0 Å². The van der Waals surface area contributed by atoms with Gasteiger partial charge in [-0.1, -0.05) is 82.1 Å². The van der Waals surface area contributed by atoms with Crippen molar-refractivity contribution in [2.45, 2.75) is 130 Å². The molecule has 2 aromatic carbocycles. The van der Waals surface area contributed by atoms with Gasteiger partial charge in [0, 0.05) is 31.7 Å². The monoisotopic (exact) mass is 638 g/mol. The average molecular weight is 638 g/mol.